The summed E-state index contributed by atoms with van der Waals surface area (Å²) in [7, 11) is 1.62. The van der Waals surface area contributed by atoms with Gasteiger partial charge in [-0.1, -0.05) is 25.1 Å². The molecule has 1 amide bonds. The molecule has 1 saturated heterocycles. The van der Waals surface area contributed by atoms with Crippen LogP contribution in [0, 0.1) is 5.41 Å². The summed E-state index contributed by atoms with van der Waals surface area (Å²) in [6, 6.07) is 8.64. The smallest absolute Gasteiger partial charge is 0.325 e. The molecule has 0 saturated carbocycles. The molecule has 5 rings (SSSR count). The first-order valence-electron chi connectivity index (χ1n) is 13.8. The van der Waals surface area contributed by atoms with E-state index in [9.17, 15) is 9.59 Å². The monoisotopic (exact) mass is 525 g/mol. The van der Waals surface area contributed by atoms with Crippen LogP contribution in [0.25, 0.3) is 16.6 Å². The number of hydrogen-bond donors (Lipinski definition) is 1. The molecule has 3 aliphatic heterocycles. The summed E-state index contributed by atoms with van der Waals surface area (Å²) in [5.41, 5.74) is 4.21. The van der Waals surface area contributed by atoms with E-state index in [1.807, 2.05) is 6.07 Å². The summed E-state index contributed by atoms with van der Waals surface area (Å²) >= 11 is 0. The Balaban J connectivity index is 1.25. The molecule has 4 heterocycles. The number of para-hydroxylation sites is 1. The minimum absolute atomic E-state index is 0.0877. The second-order valence-corrected chi connectivity index (χ2v) is 10.2. The zero-order valence-electron chi connectivity index (χ0n) is 22.5. The number of piperidine rings is 1. The number of aromatic nitrogens is 1. The van der Waals surface area contributed by atoms with Crippen LogP contribution in [0.1, 0.15) is 43.5 Å². The molecule has 3 aliphatic rings. The van der Waals surface area contributed by atoms with Gasteiger partial charge in [-0.3, -0.25) is 14.5 Å². The third kappa shape index (κ3) is 5.12. The number of carbonyl (C=O) groups is 2. The van der Waals surface area contributed by atoms with Crippen LogP contribution in [0.4, 0.5) is 0 Å². The lowest BCUT2D eigenvalue weighted by atomic mass is 9.66. The number of ether oxygens (including phenoxy) is 4. The largest absolute Gasteiger partial charge is 0.462 e. The van der Waals surface area contributed by atoms with Gasteiger partial charge in [0.2, 0.25) is 0 Å². The quantitative estimate of drug-likeness (QED) is 0.318. The van der Waals surface area contributed by atoms with Crippen LogP contribution >= 0.6 is 0 Å². The van der Waals surface area contributed by atoms with Gasteiger partial charge in [0.1, 0.15) is 18.8 Å². The number of benzene rings is 1. The third-order valence-electron chi connectivity index (χ3n) is 8.17. The molecule has 9 heteroatoms. The first-order valence-corrected chi connectivity index (χ1v) is 13.8. The van der Waals surface area contributed by atoms with Crippen molar-refractivity contribution in [1.82, 2.24) is 14.8 Å². The fourth-order valence-corrected chi connectivity index (χ4v) is 6.42. The summed E-state index contributed by atoms with van der Waals surface area (Å²) < 4.78 is 23.0. The number of rotatable bonds is 13. The standard InChI is InChI=1S/C29H39N3O6/c1-3-29-10-6-11-31-12-9-22-21-7-4-5-8-23(21)32(26(22)27(29)31)24(19-29)28(34)30-20-25(33)38-18-17-37-16-15-36-14-13-35-2/h4-5,7-8,19,27H,3,6,9-18,20H2,1-2H3,(H,30,34)/t27-,29+/m1/s1. The molecule has 1 aromatic heterocycles. The SMILES string of the molecule is CC[C@@]12C=C(C(=O)NCC(=O)OCCOCCOCCOC)n3c4c(c5ccccc53)CCN(CCC1)[C@H]42. The number of nitrogens with one attached hydrogen (secondary N) is 1. The average molecular weight is 526 g/mol. The molecule has 1 fully saturated rings. The van der Waals surface area contributed by atoms with Crippen molar-refractivity contribution in [3.05, 3.63) is 41.6 Å². The maximum absolute atomic E-state index is 13.6. The summed E-state index contributed by atoms with van der Waals surface area (Å²) in [5.74, 6) is -0.732. The predicted molar refractivity (Wildman–Crippen MR) is 144 cm³/mol. The number of carbonyl (C=O) groups excluding carboxylic acids is 2. The average Bonchev–Trinajstić information content (AvgIpc) is 3.29. The highest BCUT2D eigenvalue weighted by Gasteiger charge is 2.51. The van der Waals surface area contributed by atoms with Crippen LogP contribution in [0.2, 0.25) is 0 Å². The Morgan fingerprint density at radius 2 is 1.82 bits per heavy atom. The van der Waals surface area contributed by atoms with Crippen molar-refractivity contribution in [2.45, 2.75) is 38.6 Å². The van der Waals surface area contributed by atoms with Gasteiger partial charge in [-0.15, -0.1) is 0 Å². The first-order chi connectivity index (χ1) is 18.6. The molecule has 0 aliphatic carbocycles. The highest BCUT2D eigenvalue weighted by atomic mass is 16.6. The molecule has 1 N–H and O–H groups in total. The Bertz CT molecular complexity index is 1190. The van der Waals surface area contributed by atoms with Gasteiger partial charge in [0, 0.05) is 30.1 Å². The molecular weight excluding hydrogens is 486 g/mol. The van der Waals surface area contributed by atoms with E-state index in [2.05, 4.69) is 46.0 Å². The Kier molecular flexibility index (Phi) is 8.48. The number of methoxy groups -OCH3 is 1. The van der Waals surface area contributed by atoms with Crippen molar-refractivity contribution >= 4 is 28.5 Å². The van der Waals surface area contributed by atoms with Crippen LogP contribution in [0.3, 0.4) is 0 Å². The zero-order chi connectivity index (χ0) is 26.5. The van der Waals surface area contributed by atoms with E-state index < -0.39 is 5.97 Å². The minimum atomic E-state index is -0.485. The number of nitrogens with zero attached hydrogens (tertiary/aromatic N) is 2. The molecule has 2 atom stereocenters. The maximum atomic E-state index is 13.6. The second kappa shape index (κ2) is 12.0. The van der Waals surface area contributed by atoms with Crippen LogP contribution in [0.15, 0.2) is 30.3 Å². The van der Waals surface area contributed by atoms with E-state index >= 15 is 0 Å². The van der Waals surface area contributed by atoms with Crippen molar-refractivity contribution in [2.24, 2.45) is 5.41 Å². The van der Waals surface area contributed by atoms with Crippen molar-refractivity contribution in [3.63, 3.8) is 0 Å². The first kappa shape index (κ1) is 26.9. The summed E-state index contributed by atoms with van der Waals surface area (Å²) in [4.78, 5) is 28.6. The van der Waals surface area contributed by atoms with Crippen LogP contribution in [-0.2, 0) is 35.0 Å². The van der Waals surface area contributed by atoms with Crippen molar-refractivity contribution in [2.75, 3.05) is 66.4 Å². The van der Waals surface area contributed by atoms with E-state index in [-0.39, 0.29) is 37.1 Å². The normalized spacial score (nSPS) is 22.2. The fourth-order valence-electron chi connectivity index (χ4n) is 6.42. The lowest BCUT2D eigenvalue weighted by molar-refractivity contribution is -0.145. The van der Waals surface area contributed by atoms with E-state index in [0.29, 0.717) is 32.1 Å². The van der Waals surface area contributed by atoms with Crippen LogP contribution in [0.5, 0.6) is 0 Å². The third-order valence-corrected chi connectivity index (χ3v) is 8.17. The molecule has 1 aromatic carbocycles. The van der Waals surface area contributed by atoms with Gasteiger partial charge in [0.05, 0.1) is 44.6 Å². The van der Waals surface area contributed by atoms with Gasteiger partial charge in [0.25, 0.3) is 5.91 Å². The summed E-state index contributed by atoms with van der Waals surface area (Å²) in [5, 5.41) is 4.05. The Morgan fingerprint density at radius 3 is 2.61 bits per heavy atom. The predicted octanol–water partition coefficient (Wildman–Crippen LogP) is 2.92. The molecule has 2 aromatic rings. The lowest BCUT2D eigenvalue weighted by Gasteiger charge is -2.53. The van der Waals surface area contributed by atoms with Crippen LogP contribution < -0.4 is 5.32 Å². The van der Waals surface area contributed by atoms with Gasteiger partial charge in [-0.25, -0.2) is 0 Å². The Labute approximate surface area is 224 Å². The van der Waals surface area contributed by atoms with E-state index in [4.69, 9.17) is 18.9 Å². The van der Waals surface area contributed by atoms with Gasteiger partial charge in [-0.2, -0.15) is 0 Å². The molecule has 0 spiro atoms. The number of amides is 1. The summed E-state index contributed by atoms with van der Waals surface area (Å²) in [6.07, 6.45) is 6.33. The van der Waals surface area contributed by atoms with Gasteiger partial charge < -0.3 is 28.8 Å². The van der Waals surface area contributed by atoms with Crippen LogP contribution in [-0.4, -0.2) is 87.7 Å². The molecule has 9 nitrogen and oxygen atoms in total. The van der Waals surface area contributed by atoms with Gasteiger partial charge in [-0.05, 0) is 49.9 Å². The second-order valence-electron chi connectivity index (χ2n) is 10.2. The highest BCUT2D eigenvalue weighted by molar-refractivity contribution is 6.17. The molecule has 38 heavy (non-hydrogen) atoms. The summed E-state index contributed by atoms with van der Waals surface area (Å²) in [6.45, 7) is 6.53. The molecule has 206 valence electrons. The number of fused-ring (bicyclic) bond motifs is 3. The van der Waals surface area contributed by atoms with Crippen molar-refractivity contribution in [3.8, 4) is 0 Å². The van der Waals surface area contributed by atoms with E-state index in [1.165, 1.54) is 16.6 Å². The molecule has 0 bridgehead atoms. The van der Waals surface area contributed by atoms with Crippen molar-refractivity contribution < 1.29 is 28.5 Å². The lowest BCUT2D eigenvalue weighted by Crippen LogP contribution is -2.51. The number of hydrogen-bond acceptors (Lipinski definition) is 7. The van der Waals surface area contributed by atoms with E-state index in [1.54, 1.807) is 7.11 Å². The Hall–Kier alpha value is -2.72. The Morgan fingerprint density at radius 1 is 1.05 bits per heavy atom. The molecular formula is C29H39N3O6. The zero-order valence-corrected chi connectivity index (χ0v) is 22.5. The molecule has 0 radical (unpaired) electrons. The van der Waals surface area contributed by atoms with E-state index in [0.717, 1.165) is 44.3 Å². The topological polar surface area (TPSA) is 91.3 Å². The van der Waals surface area contributed by atoms with Gasteiger partial charge >= 0.3 is 5.97 Å². The van der Waals surface area contributed by atoms with Crippen molar-refractivity contribution in [1.29, 1.82) is 0 Å². The fraction of sp³-hybridized carbons (Fsp3) is 0.586. The van der Waals surface area contributed by atoms with Gasteiger partial charge in [0.15, 0.2) is 0 Å². The maximum Gasteiger partial charge on any atom is 0.325 e. The number of esters is 1. The molecule has 0 unspecified atom stereocenters. The minimum Gasteiger partial charge on any atom is -0.462 e. The highest BCUT2D eigenvalue weighted by Crippen LogP contribution is 2.56.